The molecular weight excluding hydrogens is 247 g/mol. The van der Waals surface area contributed by atoms with Crippen molar-refractivity contribution < 1.29 is 14.0 Å². The van der Waals surface area contributed by atoms with Crippen LogP contribution in [-0.4, -0.2) is 11.5 Å². The van der Waals surface area contributed by atoms with E-state index < -0.39 is 7.60 Å². The molecule has 0 bridgehead atoms. The molecular formula is C14H19O3P. The van der Waals surface area contributed by atoms with Crippen LogP contribution in [0.4, 0.5) is 0 Å². The lowest BCUT2D eigenvalue weighted by molar-refractivity contribution is 0.297. The molecule has 1 atom stereocenters. The van der Waals surface area contributed by atoms with E-state index in [1.165, 1.54) is 5.82 Å². The van der Waals surface area contributed by atoms with E-state index in [1.807, 2.05) is 50.3 Å². The average molecular weight is 266 g/mol. The Labute approximate surface area is 108 Å². The topological polar surface area (TPSA) is 46.5 Å². The Kier molecular flexibility index (Phi) is 6.06. The summed E-state index contributed by atoms with van der Waals surface area (Å²) in [4.78, 5) is 9.55. The highest BCUT2D eigenvalue weighted by molar-refractivity contribution is 7.56. The lowest BCUT2D eigenvalue weighted by Gasteiger charge is -2.05. The SMILES string of the molecule is CC(C)C=CCOP(=O)(O)C=Cc1ccccc1. The minimum Gasteiger partial charge on any atom is -0.321 e. The first-order valence-corrected chi connectivity index (χ1v) is 7.52. The van der Waals surface area contributed by atoms with Crippen molar-refractivity contribution in [3.8, 4) is 0 Å². The summed E-state index contributed by atoms with van der Waals surface area (Å²) in [6.45, 7) is 4.21. The molecule has 18 heavy (non-hydrogen) atoms. The molecule has 0 aromatic heterocycles. The molecule has 3 nitrogen and oxygen atoms in total. The number of rotatable bonds is 6. The second kappa shape index (κ2) is 7.32. The molecule has 98 valence electrons. The molecule has 0 aliphatic carbocycles. The van der Waals surface area contributed by atoms with Gasteiger partial charge in [0.05, 0.1) is 6.61 Å². The number of benzene rings is 1. The van der Waals surface area contributed by atoms with E-state index >= 15 is 0 Å². The molecule has 0 aliphatic rings. The zero-order valence-corrected chi connectivity index (χ0v) is 11.6. The van der Waals surface area contributed by atoms with Gasteiger partial charge in [-0.15, -0.1) is 0 Å². The summed E-state index contributed by atoms with van der Waals surface area (Å²) >= 11 is 0. The van der Waals surface area contributed by atoms with Gasteiger partial charge >= 0.3 is 7.60 Å². The highest BCUT2D eigenvalue weighted by Crippen LogP contribution is 2.44. The summed E-state index contributed by atoms with van der Waals surface area (Å²) in [5, 5.41) is 0. The van der Waals surface area contributed by atoms with Crippen molar-refractivity contribution in [1.29, 1.82) is 0 Å². The van der Waals surface area contributed by atoms with E-state index in [0.29, 0.717) is 5.92 Å². The first-order chi connectivity index (χ1) is 8.49. The van der Waals surface area contributed by atoms with E-state index in [1.54, 1.807) is 12.2 Å². The van der Waals surface area contributed by atoms with Gasteiger partial charge in [0.15, 0.2) is 0 Å². The zero-order chi connectivity index (χ0) is 13.4. The van der Waals surface area contributed by atoms with Gasteiger partial charge in [-0.05, 0) is 17.6 Å². The van der Waals surface area contributed by atoms with Crippen LogP contribution in [-0.2, 0) is 9.09 Å². The highest BCUT2D eigenvalue weighted by Gasteiger charge is 2.12. The van der Waals surface area contributed by atoms with Crippen LogP contribution in [0.1, 0.15) is 19.4 Å². The van der Waals surface area contributed by atoms with Crippen LogP contribution in [0.25, 0.3) is 6.08 Å². The van der Waals surface area contributed by atoms with Crippen molar-refractivity contribution in [3.63, 3.8) is 0 Å². The number of allylic oxidation sites excluding steroid dienone is 1. The molecule has 4 heteroatoms. The molecule has 1 N–H and O–H groups in total. The largest absolute Gasteiger partial charge is 0.351 e. The summed E-state index contributed by atoms with van der Waals surface area (Å²) in [6, 6.07) is 9.34. The van der Waals surface area contributed by atoms with E-state index in [-0.39, 0.29) is 6.61 Å². The van der Waals surface area contributed by atoms with Gasteiger partial charge < -0.3 is 9.42 Å². The molecule has 0 aliphatic heterocycles. The quantitative estimate of drug-likeness (QED) is 0.623. The molecule has 0 saturated carbocycles. The molecule has 1 aromatic rings. The summed E-state index contributed by atoms with van der Waals surface area (Å²) in [5.74, 6) is 1.62. The van der Waals surface area contributed by atoms with Crippen molar-refractivity contribution in [2.24, 2.45) is 5.92 Å². The molecule has 0 radical (unpaired) electrons. The normalized spacial score (nSPS) is 15.6. The lowest BCUT2D eigenvalue weighted by atomic mass is 10.2. The fourth-order valence-electron chi connectivity index (χ4n) is 1.26. The van der Waals surface area contributed by atoms with Crippen LogP contribution in [0.3, 0.4) is 0 Å². The van der Waals surface area contributed by atoms with Gasteiger partial charge in [-0.2, -0.15) is 0 Å². The van der Waals surface area contributed by atoms with E-state index in [0.717, 1.165) is 5.56 Å². The molecule has 0 spiro atoms. The van der Waals surface area contributed by atoms with Gasteiger partial charge in [-0.25, -0.2) is 0 Å². The van der Waals surface area contributed by atoms with Gasteiger partial charge in [0.1, 0.15) is 0 Å². The fraction of sp³-hybridized carbons (Fsp3) is 0.286. The first kappa shape index (κ1) is 14.9. The van der Waals surface area contributed by atoms with Crippen molar-refractivity contribution in [2.75, 3.05) is 6.61 Å². The Hall–Kier alpha value is -1.15. The molecule has 1 unspecified atom stereocenters. The second-order valence-electron chi connectivity index (χ2n) is 4.26. The maximum Gasteiger partial charge on any atom is 0.351 e. The fourth-order valence-corrected chi connectivity index (χ4v) is 2.01. The van der Waals surface area contributed by atoms with Crippen molar-refractivity contribution in [2.45, 2.75) is 13.8 Å². The molecule has 1 rings (SSSR count). The van der Waals surface area contributed by atoms with Crippen molar-refractivity contribution >= 4 is 13.7 Å². The summed E-state index contributed by atoms with van der Waals surface area (Å²) in [7, 11) is -3.65. The molecule has 0 saturated heterocycles. The van der Waals surface area contributed by atoms with Crippen LogP contribution < -0.4 is 0 Å². The van der Waals surface area contributed by atoms with E-state index in [2.05, 4.69) is 0 Å². The van der Waals surface area contributed by atoms with Crippen LogP contribution >= 0.6 is 7.60 Å². The predicted octanol–water partition coefficient (Wildman–Crippen LogP) is 4.07. The monoisotopic (exact) mass is 266 g/mol. The molecule has 1 aromatic carbocycles. The second-order valence-corrected chi connectivity index (χ2v) is 5.94. The summed E-state index contributed by atoms with van der Waals surface area (Å²) in [6.07, 6.45) is 5.28. The van der Waals surface area contributed by atoms with Gasteiger partial charge in [0, 0.05) is 5.82 Å². The Balaban J connectivity index is 2.49. The summed E-state index contributed by atoms with van der Waals surface area (Å²) < 4.78 is 16.6. The zero-order valence-electron chi connectivity index (χ0n) is 10.7. The highest BCUT2D eigenvalue weighted by atomic mass is 31.2. The predicted molar refractivity (Wildman–Crippen MR) is 75.2 cm³/mol. The van der Waals surface area contributed by atoms with Crippen LogP contribution in [0.15, 0.2) is 48.3 Å². The maximum absolute atomic E-state index is 11.6. The standard InChI is InChI=1S/C14H19O3P/c1-13(2)7-6-11-17-18(15,16)12-10-14-8-4-3-5-9-14/h3-10,12-13H,11H2,1-2H3,(H,15,16). The van der Waals surface area contributed by atoms with Crippen LogP contribution in [0.5, 0.6) is 0 Å². The van der Waals surface area contributed by atoms with Gasteiger partial charge in [0.25, 0.3) is 0 Å². The minimum atomic E-state index is -3.65. The molecule has 0 fully saturated rings. The van der Waals surface area contributed by atoms with Crippen molar-refractivity contribution in [3.05, 3.63) is 53.9 Å². The van der Waals surface area contributed by atoms with E-state index in [4.69, 9.17) is 4.52 Å². The van der Waals surface area contributed by atoms with Gasteiger partial charge in [-0.1, -0.05) is 56.3 Å². The molecule has 0 amide bonds. The average Bonchev–Trinajstić information content (AvgIpc) is 2.34. The van der Waals surface area contributed by atoms with Gasteiger partial charge in [-0.3, -0.25) is 4.57 Å². The number of hydrogen-bond donors (Lipinski definition) is 1. The smallest absolute Gasteiger partial charge is 0.321 e. The maximum atomic E-state index is 11.6. The Bertz CT molecular complexity index is 449. The van der Waals surface area contributed by atoms with Crippen LogP contribution in [0.2, 0.25) is 0 Å². The Morgan fingerprint density at radius 3 is 2.61 bits per heavy atom. The molecule has 0 heterocycles. The number of hydrogen-bond acceptors (Lipinski definition) is 2. The first-order valence-electron chi connectivity index (χ1n) is 5.87. The third-order valence-electron chi connectivity index (χ3n) is 2.13. The van der Waals surface area contributed by atoms with Gasteiger partial charge in [0.2, 0.25) is 0 Å². The van der Waals surface area contributed by atoms with Crippen molar-refractivity contribution in [1.82, 2.24) is 0 Å². The van der Waals surface area contributed by atoms with Crippen LogP contribution in [0, 0.1) is 5.92 Å². The minimum absolute atomic E-state index is 0.144. The Morgan fingerprint density at radius 1 is 1.33 bits per heavy atom. The Morgan fingerprint density at radius 2 is 2.00 bits per heavy atom. The lowest BCUT2D eigenvalue weighted by Crippen LogP contribution is -1.88. The third kappa shape index (κ3) is 6.55. The summed E-state index contributed by atoms with van der Waals surface area (Å²) in [5.41, 5.74) is 0.869. The third-order valence-corrected chi connectivity index (χ3v) is 3.18. The van der Waals surface area contributed by atoms with E-state index in [9.17, 15) is 9.46 Å².